The molecule has 0 aromatic heterocycles. The molecule has 108 valence electrons. The van der Waals surface area contributed by atoms with E-state index in [9.17, 15) is 14.9 Å². The van der Waals surface area contributed by atoms with Crippen molar-refractivity contribution in [2.24, 2.45) is 5.73 Å². The van der Waals surface area contributed by atoms with Crippen LogP contribution in [-0.4, -0.2) is 23.5 Å². The molecule has 1 saturated heterocycles. The van der Waals surface area contributed by atoms with E-state index in [1.54, 1.807) is 6.07 Å². The summed E-state index contributed by atoms with van der Waals surface area (Å²) in [7, 11) is 0. The molecule has 1 aromatic rings. The standard InChI is InChI=1S/C13H17N3O4/c14-8-9-4-5-10(16(18)19)12(7-9)20-11-3-1-2-6-15-13(11)17/h4-5,7,11H,1-3,6,8,14H2,(H,15,17). The first kappa shape index (κ1) is 14.3. The van der Waals surface area contributed by atoms with Crippen LogP contribution in [0.2, 0.25) is 0 Å². The number of amides is 1. The molecule has 0 aliphatic carbocycles. The van der Waals surface area contributed by atoms with Gasteiger partial charge in [0.05, 0.1) is 4.92 Å². The number of nitro benzene ring substituents is 1. The number of nitrogens with two attached hydrogens (primary N) is 1. The Morgan fingerprint density at radius 2 is 2.25 bits per heavy atom. The van der Waals surface area contributed by atoms with Crippen molar-refractivity contribution in [1.82, 2.24) is 5.32 Å². The predicted octanol–water partition coefficient (Wildman–Crippen LogP) is 1.10. The van der Waals surface area contributed by atoms with Gasteiger partial charge in [0, 0.05) is 19.2 Å². The first-order valence-electron chi connectivity index (χ1n) is 6.53. The van der Waals surface area contributed by atoms with Crippen LogP contribution < -0.4 is 15.8 Å². The molecule has 7 nitrogen and oxygen atoms in total. The first-order chi connectivity index (χ1) is 9.61. The molecule has 1 amide bonds. The predicted molar refractivity (Wildman–Crippen MR) is 72.3 cm³/mol. The molecule has 1 atom stereocenters. The Labute approximate surface area is 116 Å². The third-order valence-corrected chi connectivity index (χ3v) is 3.21. The van der Waals surface area contributed by atoms with Crippen molar-refractivity contribution in [3.05, 3.63) is 33.9 Å². The molecule has 3 N–H and O–H groups in total. The van der Waals surface area contributed by atoms with E-state index >= 15 is 0 Å². The number of nitrogens with zero attached hydrogens (tertiary/aromatic N) is 1. The van der Waals surface area contributed by atoms with E-state index in [0.717, 1.165) is 18.4 Å². The van der Waals surface area contributed by atoms with Crippen LogP contribution in [0.3, 0.4) is 0 Å². The maximum absolute atomic E-state index is 11.8. The lowest BCUT2D eigenvalue weighted by Gasteiger charge is -2.16. The average Bonchev–Trinajstić information content (AvgIpc) is 2.64. The molecule has 0 saturated carbocycles. The minimum Gasteiger partial charge on any atom is -0.473 e. The maximum atomic E-state index is 11.8. The molecule has 0 spiro atoms. The van der Waals surface area contributed by atoms with Crippen molar-refractivity contribution < 1.29 is 14.5 Å². The van der Waals surface area contributed by atoms with E-state index in [1.807, 2.05) is 0 Å². The van der Waals surface area contributed by atoms with Crippen LogP contribution in [0.5, 0.6) is 5.75 Å². The number of hydrogen-bond donors (Lipinski definition) is 2. The largest absolute Gasteiger partial charge is 0.473 e. The Bertz CT molecular complexity index is 518. The summed E-state index contributed by atoms with van der Waals surface area (Å²) < 4.78 is 5.57. The van der Waals surface area contributed by atoms with Crippen LogP contribution in [0.25, 0.3) is 0 Å². The van der Waals surface area contributed by atoms with Gasteiger partial charge in [-0.2, -0.15) is 0 Å². The Kier molecular flexibility index (Phi) is 4.52. The number of ether oxygens (including phenoxy) is 1. The minimum absolute atomic E-state index is 0.0972. The van der Waals surface area contributed by atoms with Gasteiger partial charge in [-0.3, -0.25) is 14.9 Å². The zero-order valence-corrected chi connectivity index (χ0v) is 11.0. The summed E-state index contributed by atoms with van der Waals surface area (Å²) in [5.74, 6) is -0.130. The average molecular weight is 279 g/mol. The Morgan fingerprint density at radius 1 is 1.45 bits per heavy atom. The summed E-state index contributed by atoms with van der Waals surface area (Å²) in [5.41, 5.74) is 6.09. The van der Waals surface area contributed by atoms with Crippen molar-refractivity contribution in [2.45, 2.75) is 31.9 Å². The smallest absolute Gasteiger partial charge is 0.310 e. The third kappa shape index (κ3) is 3.24. The molecule has 7 heteroatoms. The highest BCUT2D eigenvalue weighted by Crippen LogP contribution is 2.29. The van der Waals surface area contributed by atoms with E-state index in [1.165, 1.54) is 12.1 Å². The SMILES string of the molecule is NCc1ccc([N+](=O)[O-])c(OC2CCCCNC2=O)c1. The van der Waals surface area contributed by atoms with Crippen molar-refractivity contribution in [1.29, 1.82) is 0 Å². The molecule has 0 bridgehead atoms. The van der Waals surface area contributed by atoms with Crippen LogP contribution in [-0.2, 0) is 11.3 Å². The van der Waals surface area contributed by atoms with Crippen molar-refractivity contribution in [2.75, 3.05) is 6.54 Å². The molecule has 0 radical (unpaired) electrons. The zero-order chi connectivity index (χ0) is 14.5. The second-order valence-electron chi connectivity index (χ2n) is 4.66. The summed E-state index contributed by atoms with van der Waals surface area (Å²) in [4.78, 5) is 22.3. The monoisotopic (exact) mass is 279 g/mol. The molecule has 1 aliphatic heterocycles. The molecular weight excluding hydrogens is 262 g/mol. The molecule has 1 unspecified atom stereocenters. The van der Waals surface area contributed by atoms with Gasteiger partial charge in [0.15, 0.2) is 11.9 Å². The normalized spacial score (nSPS) is 19.1. The number of nitro groups is 1. The van der Waals surface area contributed by atoms with Gasteiger partial charge in [0.2, 0.25) is 0 Å². The number of rotatable bonds is 4. The summed E-state index contributed by atoms with van der Waals surface area (Å²) in [5, 5.41) is 13.7. The fraction of sp³-hybridized carbons (Fsp3) is 0.462. The lowest BCUT2D eigenvalue weighted by Crippen LogP contribution is -2.36. The summed E-state index contributed by atoms with van der Waals surface area (Å²) in [6, 6.07) is 4.46. The number of carbonyl (C=O) groups is 1. The fourth-order valence-electron chi connectivity index (χ4n) is 2.11. The van der Waals surface area contributed by atoms with Crippen molar-refractivity contribution in [3.63, 3.8) is 0 Å². The van der Waals surface area contributed by atoms with Gasteiger partial charge in [-0.05, 0) is 30.9 Å². The van der Waals surface area contributed by atoms with Gasteiger partial charge >= 0.3 is 5.69 Å². The fourth-order valence-corrected chi connectivity index (χ4v) is 2.11. The van der Waals surface area contributed by atoms with E-state index in [2.05, 4.69) is 5.32 Å². The van der Waals surface area contributed by atoms with Crippen LogP contribution in [0.15, 0.2) is 18.2 Å². The number of hydrogen-bond acceptors (Lipinski definition) is 5. The van der Waals surface area contributed by atoms with E-state index < -0.39 is 11.0 Å². The van der Waals surface area contributed by atoms with Gasteiger partial charge in [-0.1, -0.05) is 6.07 Å². The molecule has 1 heterocycles. The number of nitrogens with one attached hydrogen (secondary N) is 1. The lowest BCUT2D eigenvalue weighted by atomic mass is 10.1. The summed E-state index contributed by atoms with van der Waals surface area (Å²) in [6.45, 7) is 0.870. The van der Waals surface area contributed by atoms with E-state index in [-0.39, 0.29) is 23.9 Å². The summed E-state index contributed by atoms with van der Waals surface area (Å²) >= 11 is 0. The van der Waals surface area contributed by atoms with Gasteiger partial charge in [0.25, 0.3) is 5.91 Å². The van der Waals surface area contributed by atoms with Crippen LogP contribution >= 0.6 is 0 Å². The van der Waals surface area contributed by atoms with E-state index in [4.69, 9.17) is 10.5 Å². The first-order valence-corrected chi connectivity index (χ1v) is 6.53. The van der Waals surface area contributed by atoms with Crippen LogP contribution in [0.4, 0.5) is 5.69 Å². The number of benzene rings is 1. The van der Waals surface area contributed by atoms with Gasteiger partial charge in [-0.15, -0.1) is 0 Å². The highest BCUT2D eigenvalue weighted by atomic mass is 16.6. The second kappa shape index (κ2) is 6.33. The lowest BCUT2D eigenvalue weighted by molar-refractivity contribution is -0.386. The topological polar surface area (TPSA) is 107 Å². The highest BCUT2D eigenvalue weighted by Gasteiger charge is 2.26. The Balaban J connectivity index is 2.25. The molecule has 1 fully saturated rings. The molecule has 1 aromatic carbocycles. The van der Waals surface area contributed by atoms with Gasteiger partial charge in [-0.25, -0.2) is 0 Å². The van der Waals surface area contributed by atoms with Gasteiger partial charge in [0.1, 0.15) is 0 Å². The molecular formula is C13H17N3O4. The molecule has 2 rings (SSSR count). The Morgan fingerprint density at radius 3 is 2.95 bits per heavy atom. The second-order valence-corrected chi connectivity index (χ2v) is 4.66. The van der Waals surface area contributed by atoms with Crippen molar-refractivity contribution in [3.8, 4) is 5.75 Å². The minimum atomic E-state index is -0.691. The highest BCUT2D eigenvalue weighted by molar-refractivity contribution is 5.81. The molecule has 20 heavy (non-hydrogen) atoms. The van der Waals surface area contributed by atoms with Crippen LogP contribution in [0.1, 0.15) is 24.8 Å². The molecule has 1 aliphatic rings. The van der Waals surface area contributed by atoms with Crippen LogP contribution in [0, 0.1) is 10.1 Å². The summed E-state index contributed by atoms with van der Waals surface area (Å²) in [6.07, 6.45) is 1.59. The third-order valence-electron chi connectivity index (χ3n) is 3.21. The van der Waals surface area contributed by atoms with E-state index in [0.29, 0.717) is 13.0 Å². The van der Waals surface area contributed by atoms with Crippen molar-refractivity contribution >= 4 is 11.6 Å². The maximum Gasteiger partial charge on any atom is 0.310 e. The number of carbonyl (C=O) groups excluding carboxylic acids is 1. The Hall–Kier alpha value is -2.15. The zero-order valence-electron chi connectivity index (χ0n) is 11.0. The van der Waals surface area contributed by atoms with Gasteiger partial charge < -0.3 is 15.8 Å². The quantitative estimate of drug-likeness (QED) is 0.634.